The van der Waals surface area contributed by atoms with Gasteiger partial charge in [0.25, 0.3) is 5.91 Å². The second-order valence-corrected chi connectivity index (χ2v) is 7.55. The Kier molecular flexibility index (Phi) is 6.09. The van der Waals surface area contributed by atoms with Crippen molar-refractivity contribution < 1.29 is 9.53 Å². The van der Waals surface area contributed by atoms with Crippen molar-refractivity contribution in [1.82, 2.24) is 4.90 Å². The smallest absolute Gasteiger partial charge is 0.251 e. The monoisotopic (exact) mass is 295 g/mol. The van der Waals surface area contributed by atoms with E-state index in [0.29, 0.717) is 12.0 Å². The molecule has 5 unspecified atom stereocenters. The molecule has 122 valence electrons. The molecule has 0 spiro atoms. The quantitative estimate of drug-likeness (QED) is 0.787. The van der Waals surface area contributed by atoms with Gasteiger partial charge in [0.05, 0.1) is 6.10 Å². The zero-order valence-electron chi connectivity index (χ0n) is 14.3. The maximum Gasteiger partial charge on any atom is 0.251 e. The Labute approximate surface area is 130 Å². The van der Waals surface area contributed by atoms with Gasteiger partial charge >= 0.3 is 0 Å². The molecule has 5 atom stereocenters. The summed E-state index contributed by atoms with van der Waals surface area (Å²) in [6.07, 6.45) is 8.39. The van der Waals surface area contributed by atoms with Crippen molar-refractivity contribution in [2.45, 2.75) is 90.9 Å². The second kappa shape index (κ2) is 7.62. The minimum absolute atomic E-state index is 0.203. The molecule has 1 aliphatic heterocycles. The van der Waals surface area contributed by atoms with E-state index < -0.39 is 0 Å². The van der Waals surface area contributed by atoms with Gasteiger partial charge in [0.15, 0.2) is 0 Å². The van der Waals surface area contributed by atoms with E-state index in [4.69, 9.17) is 4.74 Å². The van der Waals surface area contributed by atoms with Gasteiger partial charge in [-0.1, -0.05) is 33.1 Å². The van der Waals surface area contributed by atoms with E-state index in [1.165, 1.54) is 25.7 Å². The number of rotatable bonds is 3. The lowest BCUT2D eigenvalue weighted by molar-refractivity contribution is -0.150. The molecule has 2 rings (SSSR count). The van der Waals surface area contributed by atoms with Crippen LogP contribution in [-0.4, -0.2) is 35.6 Å². The van der Waals surface area contributed by atoms with Gasteiger partial charge in [0, 0.05) is 12.6 Å². The van der Waals surface area contributed by atoms with Gasteiger partial charge in [-0.25, -0.2) is 0 Å². The molecule has 1 saturated carbocycles. The summed E-state index contributed by atoms with van der Waals surface area (Å²) in [5, 5.41) is 0. The van der Waals surface area contributed by atoms with Crippen LogP contribution in [0.4, 0.5) is 0 Å². The summed E-state index contributed by atoms with van der Waals surface area (Å²) in [5.41, 5.74) is 0. The van der Waals surface area contributed by atoms with Crippen molar-refractivity contribution in [3.05, 3.63) is 0 Å². The number of nitrogens with zero attached hydrogens (tertiary/aromatic N) is 1. The lowest BCUT2D eigenvalue weighted by Crippen LogP contribution is -2.46. The summed E-state index contributed by atoms with van der Waals surface area (Å²) < 4.78 is 6.11. The summed E-state index contributed by atoms with van der Waals surface area (Å²) in [4.78, 5) is 14.8. The number of carbonyl (C=O) groups is 1. The van der Waals surface area contributed by atoms with Gasteiger partial charge in [-0.05, 0) is 51.4 Å². The Morgan fingerprint density at radius 2 is 1.71 bits per heavy atom. The van der Waals surface area contributed by atoms with Crippen molar-refractivity contribution in [2.75, 3.05) is 6.54 Å². The predicted octanol–water partition coefficient (Wildman–Crippen LogP) is 4.01. The Bertz CT molecular complexity index is 344. The van der Waals surface area contributed by atoms with E-state index >= 15 is 0 Å². The number of hydrogen-bond acceptors (Lipinski definition) is 2. The molecule has 1 saturated heterocycles. The summed E-state index contributed by atoms with van der Waals surface area (Å²) in [6, 6.07) is 0.360. The van der Waals surface area contributed by atoms with Crippen LogP contribution in [-0.2, 0) is 9.53 Å². The topological polar surface area (TPSA) is 29.5 Å². The fourth-order valence-corrected chi connectivity index (χ4v) is 3.91. The van der Waals surface area contributed by atoms with E-state index in [1.54, 1.807) is 0 Å². The fourth-order valence-electron chi connectivity index (χ4n) is 3.91. The zero-order valence-corrected chi connectivity index (χ0v) is 14.3. The third-order valence-corrected chi connectivity index (χ3v) is 5.27. The molecule has 3 nitrogen and oxygen atoms in total. The number of ether oxygens (including phenoxy) is 1. The van der Waals surface area contributed by atoms with Gasteiger partial charge in [-0.15, -0.1) is 0 Å². The lowest BCUT2D eigenvalue weighted by atomic mass is 9.88. The highest BCUT2D eigenvalue weighted by Gasteiger charge is 2.31. The summed E-state index contributed by atoms with van der Waals surface area (Å²) in [5.74, 6) is 1.55. The van der Waals surface area contributed by atoms with Gasteiger partial charge < -0.3 is 9.64 Å². The van der Waals surface area contributed by atoms with Gasteiger partial charge in [-0.2, -0.15) is 0 Å². The molecule has 0 aromatic carbocycles. The molecule has 1 aliphatic carbocycles. The van der Waals surface area contributed by atoms with E-state index in [2.05, 4.69) is 25.7 Å². The molecule has 0 aromatic heterocycles. The summed E-state index contributed by atoms with van der Waals surface area (Å²) >= 11 is 0. The van der Waals surface area contributed by atoms with E-state index in [9.17, 15) is 4.79 Å². The van der Waals surface area contributed by atoms with Crippen LogP contribution in [0.5, 0.6) is 0 Å². The van der Waals surface area contributed by atoms with Crippen LogP contribution < -0.4 is 0 Å². The predicted molar refractivity (Wildman–Crippen MR) is 86.2 cm³/mol. The van der Waals surface area contributed by atoms with Gasteiger partial charge in [0.2, 0.25) is 0 Å². The first-order chi connectivity index (χ1) is 9.97. The first-order valence-electron chi connectivity index (χ1n) is 8.93. The number of carbonyl (C=O) groups excluding carboxylic acids is 1. The maximum absolute atomic E-state index is 12.8. The molecule has 0 aromatic rings. The van der Waals surface area contributed by atoms with Crippen molar-refractivity contribution in [3.63, 3.8) is 0 Å². The number of hydrogen-bond donors (Lipinski definition) is 0. The van der Waals surface area contributed by atoms with Crippen LogP contribution in [0.15, 0.2) is 0 Å². The standard InChI is InChI=1S/C18H33NO2/c1-13-7-6-10-17(11-13)21-16(4)18(20)19-12-14(2)8-5-9-15(19)3/h13-17H,5-12H2,1-4H3. The first-order valence-corrected chi connectivity index (χ1v) is 8.93. The average molecular weight is 295 g/mol. The largest absolute Gasteiger partial charge is 0.365 e. The van der Waals surface area contributed by atoms with Gasteiger partial charge in [0.1, 0.15) is 6.10 Å². The Hall–Kier alpha value is -0.570. The van der Waals surface area contributed by atoms with E-state index in [0.717, 1.165) is 31.7 Å². The lowest BCUT2D eigenvalue weighted by Gasteiger charge is -2.34. The SMILES string of the molecule is CC1CCCC(OC(C)C(=O)N2CC(C)CCCC2C)C1. The normalized spacial score (nSPS) is 36.1. The first kappa shape index (κ1) is 16.8. The highest BCUT2D eigenvalue weighted by molar-refractivity contribution is 5.80. The van der Waals surface area contributed by atoms with Crippen LogP contribution in [0.25, 0.3) is 0 Å². The molecular formula is C18H33NO2. The van der Waals surface area contributed by atoms with Crippen LogP contribution in [0.3, 0.4) is 0 Å². The van der Waals surface area contributed by atoms with Crippen molar-refractivity contribution in [2.24, 2.45) is 11.8 Å². The van der Waals surface area contributed by atoms with E-state index in [1.807, 2.05) is 6.92 Å². The highest BCUT2D eigenvalue weighted by Crippen LogP contribution is 2.27. The zero-order chi connectivity index (χ0) is 15.4. The van der Waals surface area contributed by atoms with Crippen LogP contribution >= 0.6 is 0 Å². The summed E-state index contributed by atoms with van der Waals surface area (Å²) in [6.45, 7) is 9.58. The van der Waals surface area contributed by atoms with Crippen LogP contribution in [0, 0.1) is 11.8 Å². The molecule has 21 heavy (non-hydrogen) atoms. The van der Waals surface area contributed by atoms with E-state index in [-0.39, 0.29) is 18.1 Å². The average Bonchev–Trinajstić information content (AvgIpc) is 2.59. The second-order valence-electron chi connectivity index (χ2n) is 7.55. The Morgan fingerprint density at radius 1 is 1.05 bits per heavy atom. The molecule has 2 aliphatic rings. The molecule has 1 heterocycles. The fraction of sp³-hybridized carbons (Fsp3) is 0.944. The molecule has 2 fully saturated rings. The minimum atomic E-state index is -0.284. The Balaban J connectivity index is 1.90. The molecule has 3 heteroatoms. The molecule has 1 amide bonds. The molecule has 0 radical (unpaired) electrons. The maximum atomic E-state index is 12.8. The van der Waals surface area contributed by atoms with Crippen molar-refractivity contribution in [3.8, 4) is 0 Å². The summed E-state index contributed by atoms with van der Waals surface area (Å²) in [7, 11) is 0. The van der Waals surface area contributed by atoms with Crippen LogP contribution in [0.2, 0.25) is 0 Å². The third-order valence-electron chi connectivity index (χ3n) is 5.27. The van der Waals surface area contributed by atoms with Gasteiger partial charge in [-0.3, -0.25) is 4.79 Å². The number of likely N-dealkylation sites (tertiary alicyclic amines) is 1. The molecule has 0 bridgehead atoms. The minimum Gasteiger partial charge on any atom is -0.365 e. The van der Waals surface area contributed by atoms with Crippen molar-refractivity contribution in [1.29, 1.82) is 0 Å². The third kappa shape index (κ3) is 4.70. The Morgan fingerprint density at radius 3 is 2.43 bits per heavy atom. The van der Waals surface area contributed by atoms with Crippen LogP contribution in [0.1, 0.15) is 72.6 Å². The number of amides is 1. The molecule has 0 N–H and O–H groups in total. The van der Waals surface area contributed by atoms with Crippen molar-refractivity contribution >= 4 is 5.91 Å². The molecular weight excluding hydrogens is 262 g/mol. The highest BCUT2D eigenvalue weighted by atomic mass is 16.5.